The summed E-state index contributed by atoms with van der Waals surface area (Å²) in [5.74, 6) is 1.07. The highest BCUT2D eigenvalue weighted by molar-refractivity contribution is 6.30. The van der Waals surface area contributed by atoms with E-state index in [0.29, 0.717) is 17.6 Å². The zero-order valence-electron chi connectivity index (χ0n) is 13.6. The summed E-state index contributed by atoms with van der Waals surface area (Å²) in [6, 6.07) is 18.2. The number of aromatic hydroxyl groups is 1. The van der Waals surface area contributed by atoms with Gasteiger partial charge in [-0.3, -0.25) is 0 Å². The molecular formula is C22H18ClNO. The summed E-state index contributed by atoms with van der Waals surface area (Å²) in [4.78, 5) is 0. The first-order chi connectivity index (χ1) is 12.2. The molecular weight excluding hydrogens is 330 g/mol. The van der Waals surface area contributed by atoms with Gasteiger partial charge < -0.3 is 10.4 Å². The van der Waals surface area contributed by atoms with Gasteiger partial charge in [-0.1, -0.05) is 54.1 Å². The van der Waals surface area contributed by atoms with Gasteiger partial charge in [0.05, 0.1) is 6.04 Å². The molecule has 2 N–H and O–H groups in total. The third-order valence-electron chi connectivity index (χ3n) is 5.58. The van der Waals surface area contributed by atoms with E-state index in [9.17, 15) is 5.11 Å². The SMILES string of the molecule is Oc1ccc2ccccc2c1C1Nc2ccc(Cl)cc2C2C=CCC21. The molecule has 3 atom stereocenters. The van der Waals surface area contributed by atoms with Gasteiger partial charge in [-0.2, -0.15) is 0 Å². The quantitative estimate of drug-likeness (QED) is 0.527. The van der Waals surface area contributed by atoms with Crippen molar-refractivity contribution >= 4 is 28.1 Å². The summed E-state index contributed by atoms with van der Waals surface area (Å²) >= 11 is 6.23. The van der Waals surface area contributed by atoms with E-state index in [0.717, 1.165) is 33.5 Å². The van der Waals surface area contributed by atoms with Crippen molar-refractivity contribution in [2.75, 3.05) is 5.32 Å². The summed E-state index contributed by atoms with van der Waals surface area (Å²) in [6.45, 7) is 0. The number of allylic oxidation sites excluding steroid dienone is 2. The Labute approximate surface area is 151 Å². The van der Waals surface area contributed by atoms with E-state index < -0.39 is 0 Å². The molecule has 2 aliphatic rings. The van der Waals surface area contributed by atoms with E-state index in [1.54, 1.807) is 0 Å². The third kappa shape index (κ3) is 2.25. The molecule has 1 aliphatic heterocycles. The lowest BCUT2D eigenvalue weighted by molar-refractivity contribution is 0.405. The van der Waals surface area contributed by atoms with Crippen LogP contribution in [-0.4, -0.2) is 5.11 Å². The summed E-state index contributed by atoms with van der Waals surface area (Å²) in [5.41, 5.74) is 3.36. The first-order valence-corrected chi connectivity index (χ1v) is 9.03. The van der Waals surface area contributed by atoms with Crippen LogP contribution in [0.1, 0.15) is 29.5 Å². The number of benzene rings is 3. The van der Waals surface area contributed by atoms with Gasteiger partial charge in [-0.25, -0.2) is 0 Å². The van der Waals surface area contributed by atoms with Crippen LogP contribution in [0.15, 0.2) is 66.7 Å². The molecule has 0 saturated heterocycles. The fraction of sp³-hybridized carbons (Fsp3) is 0.182. The monoisotopic (exact) mass is 347 g/mol. The average molecular weight is 348 g/mol. The number of anilines is 1. The number of hydrogen-bond acceptors (Lipinski definition) is 2. The van der Waals surface area contributed by atoms with Crippen LogP contribution in [-0.2, 0) is 0 Å². The highest BCUT2D eigenvalue weighted by Gasteiger charge is 2.39. The molecule has 124 valence electrons. The minimum atomic E-state index is 0.0692. The van der Waals surface area contributed by atoms with Crippen LogP contribution in [0.5, 0.6) is 5.75 Å². The summed E-state index contributed by atoms with van der Waals surface area (Å²) < 4.78 is 0. The number of nitrogens with one attached hydrogen (secondary N) is 1. The van der Waals surface area contributed by atoms with E-state index >= 15 is 0 Å². The molecule has 25 heavy (non-hydrogen) atoms. The second-order valence-corrected chi connectivity index (χ2v) is 7.36. The van der Waals surface area contributed by atoms with Gasteiger partial charge in [-0.05, 0) is 52.9 Å². The highest BCUT2D eigenvalue weighted by Crippen LogP contribution is 2.52. The lowest BCUT2D eigenvalue weighted by Crippen LogP contribution is -2.29. The van der Waals surface area contributed by atoms with E-state index in [2.05, 4.69) is 41.7 Å². The molecule has 0 amide bonds. The molecule has 0 aromatic heterocycles. The van der Waals surface area contributed by atoms with Crippen LogP contribution in [0.4, 0.5) is 5.69 Å². The van der Waals surface area contributed by atoms with Crippen molar-refractivity contribution in [3.05, 3.63) is 82.9 Å². The van der Waals surface area contributed by atoms with Gasteiger partial charge >= 0.3 is 0 Å². The number of fused-ring (bicyclic) bond motifs is 4. The van der Waals surface area contributed by atoms with Gasteiger partial charge in [0.1, 0.15) is 5.75 Å². The van der Waals surface area contributed by atoms with Crippen LogP contribution in [0, 0.1) is 5.92 Å². The molecule has 2 nitrogen and oxygen atoms in total. The predicted octanol–water partition coefficient (Wildman–Crippen LogP) is 6.03. The lowest BCUT2D eigenvalue weighted by Gasteiger charge is -2.38. The molecule has 3 aromatic rings. The molecule has 0 fully saturated rings. The standard InChI is InChI=1S/C22H18ClNO/c23-14-9-10-19-18(12-14)16-6-3-7-17(16)22(24-19)21-15-5-2-1-4-13(15)8-11-20(21)25/h1-6,8-12,16-17,22,24-25H,7H2. The smallest absolute Gasteiger partial charge is 0.121 e. The predicted molar refractivity (Wildman–Crippen MR) is 103 cm³/mol. The fourth-order valence-electron chi connectivity index (χ4n) is 4.46. The minimum absolute atomic E-state index is 0.0692. The molecule has 3 unspecified atom stereocenters. The zero-order chi connectivity index (χ0) is 17.0. The number of phenolic OH excluding ortho intramolecular Hbond substituents is 1. The topological polar surface area (TPSA) is 32.3 Å². The number of rotatable bonds is 1. The Balaban J connectivity index is 1.71. The van der Waals surface area contributed by atoms with Gasteiger partial charge in [0.2, 0.25) is 0 Å². The fourth-order valence-corrected chi connectivity index (χ4v) is 4.64. The van der Waals surface area contributed by atoms with E-state index in [4.69, 9.17) is 11.6 Å². The minimum Gasteiger partial charge on any atom is -0.508 e. The Kier molecular flexibility index (Phi) is 3.29. The van der Waals surface area contributed by atoms with Gasteiger partial charge in [0, 0.05) is 22.2 Å². The molecule has 1 heterocycles. The maximum Gasteiger partial charge on any atom is 0.121 e. The largest absolute Gasteiger partial charge is 0.508 e. The highest BCUT2D eigenvalue weighted by atomic mass is 35.5. The van der Waals surface area contributed by atoms with Crippen LogP contribution in [0.3, 0.4) is 0 Å². The lowest BCUT2D eigenvalue weighted by atomic mass is 9.76. The van der Waals surface area contributed by atoms with Crippen molar-refractivity contribution < 1.29 is 5.11 Å². The molecule has 3 heteroatoms. The van der Waals surface area contributed by atoms with Crippen molar-refractivity contribution in [1.29, 1.82) is 0 Å². The first-order valence-electron chi connectivity index (χ1n) is 8.65. The van der Waals surface area contributed by atoms with Crippen molar-refractivity contribution in [1.82, 2.24) is 0 Å². The Bertz CT molecular complexity index is 1010. The van der Waals surface area contributed by atoms with Crippen molar-refractivity contribution in [3.8, 4) is 5.75 Å². The van der Waals surface area contributed by atoms with Crippen molar-refractivity contribution in [2.24, 2.45) is 5.92 Å². The van der Waals surface area contributed by atoms with Crippen LogP contribution < -0.4 is 5.32 Å². The Morgan fingerprint density at radius 1 is 1.04 bits per heavy atom. The van der Waals surface area contributed by atoms with Crippen LogP contribution in [0.2, 0.25) is 5.02 Å². The summed E-state index contributed by atoms with van der Waals surface area (Å²) in [7, 11) is 0. The summed E-state index contributed by atoms with van der Waals surface area (Å²) in [6.07, 6.45) is 5.54. The van der Waals surface area contributed by atoms with Gasteiger partial charge in [-0.15, -0.1) is 0 Å². The van der Waals surface area contributed by atoms with E-state index in [1.165, 1.54) is 5.56 Å². The van der Waals surface area contributed by atoms with Crippen LogP contribution >= 0.6 is 11.6 Å². The summed E-state index contributed by atoms with van der Waals surface area (Å²) in [5, 5.41) is 17.4. The second kappa shape index (κ2) is 5.53. The van der Waals surface area contributed by atoms with Crippen LogP contribution in [0.25, 0.3) is 10.8 Å². The molecule has 0 radical (unpaired) electrons. The van der Waals surface area contributed by atoms with Gasteiger partial charge in [0.15, 0.2) is 0 Å². The molecule has 3 aromatic carbocycles. The Morgan fingerprint density at radius 3 is 2.84 bits per heavy atom. The zero-order valence-corrected chi connectivity index (χ0v) is 14.4. The number of hydrogen-bond donors (Lipinski definition) is 2. The Hall–Kier alpha value is -2.45. The maximum absolute atomic E-state index is 10.7. The van der Waals surface area contributed by atoms with Crippen molar-refractivity contribution in [2.45, 2.75) is 18.4 Å². The molecule has 0 bridgehead atoms. The average Bonchev–Trinajstić information content (AvgIpc) is 3.12. The molecule has 1 aliphatic carbocycles. The first kappa shape index (κ1) is 14.9. The molecule has 0 spiro atoms. The van der Waals surface area contributed by atoms with E-state index in [-0.39, 0.29) is 6.04 Å². The second-order valence-electron chi connectivity index (χ2n) is 6.93. The molecule has 5 rings (SSSR count). The van der Waals surface area contributed by atoms with E-state index in [1.807, 2.05) is 30.3 Å². The normalized spacial score (nSPS) is 24.0. The van der Waals surface area contributed by atoms with Crippen molar-refractivity contribution in [3.63, 3.8) is 0 Å². The Morgan fingerprint density at radius 2 is 1.92 bits per heavy atom. The number of halogens is 1. The molecule has 0 saturated carbocycles. The van der Waals surface area contributed by atoms with Gasteiger partial charge in [0.25, 0.3) is 0 Å². The number of phenols is 1. The third-order valence-corrected chi connectivity index (χ3v) is 5.82. The maximum atomic E-state index is 10.7.